The number of benzene rings is 1. The van der Waals surface area contributed by atoms with Crippen LogP contribution in [0, 0.1) is 0 Å². The number of unbranched alkanes of at least 4 members (excludes halogenated alkanes) is 34. The predicted octanol–water partition coefficient (Wildman–Crippen LogP) is 21.3. The lowest BCUT2D eigenvalue weighted by atomic mass is 9.68. The molecule has 0 aliphatic heterocycles. The van der Waals surface area contributed by atoms with Crippen molar-refractivity contribution in [3.05, 3.63) is 28.8 Å². The molecule has 1 rings (SSSR count). The quantitative estimate of drug-likeness (QED) is 0.0649. The molecule has 1 heteroatoms. The lowest BCUT2D eigenvalue weighted by Crippen LogP contribution is -2.27. The first-order valence-corrected chi connectivity index (χ1v) is 28.2. The van der Waals surface area contributed by atoms with Gasteiger partial charge in [0.1, 0.15) is 5.75 Å². The minimum Gasteiger partial charge on any atom is -0.507 e. The molecule has 0 saturated heterocycles. The van der Waals surface area contributed by atoms with Crippen molar-refractivity contribution in [3.63, 3.8) is 0 Å². The van der Waals surface area contributed by atoms with Gasteiger partial charge in [0.05, 0.1) is 0 Å². The van der Waals surface area contributed by atoms with E-state index in [9.17, 15) is 5.11 Å². The van der Waals surface area contributed by atoms with Crippen molar-refractivity contribution in [1.82, 2.24) is 0 Å². The van der Waals surface area contributed by atoms with Crippen molar-refractivity contribution >= 4 is 0 Å². The summed E-state index contributed by atoms with van der Waals surface area (Å²) in [5, 5.41) is 12.9. The van der Waals surface area contributed by atoms with E-state index < -0.39 is 0 Å². The molecule has 0 amide bonds. The fourth-order valence-corrected chi connectivity index (χ4v) is 10.4. The Balaban J connectivity index is 3.46. The standard InChI is InChI=1S/C59H112O/c1-8-13-18-23-28-33-38-43-48-58(6,49-44-39-34-29-24-19-14-9-2)55-52-54(47-42-37-32-27-22-17-12-5)53-56(57(55)60)59(7,50-45-40-35-30-25-20-15-10-3)51-46-41-36-31-26-21-16-11-4/h52-53,60H,8-51H2,1-7H3. The second-order valence-electron chi connectivity index (χ2n) is 20.9. The summed E-state index contributed by atoms with van der Waals surface area (Å²) < 4.78 is 0. The third-order valence-corrected chi connectivity index (χ3v) is 14.9. The first-order chi connectivity index (χ1) is 29.3. The van der Waals surface area contributed by atoms with E-state index in [1.807, 2.05) is 0 Å². The Bertz CT molecular complexity index is 942. The van der Waals surface area contributed by atoms with Crippen LogP contribution in [0.4, 0.5) is 0 Å². The van der Waals surface area contributed by atoms with Crippen molar-refractivity contribution in [2.45, 2.75) is 342 Å². The molecule has 0 aromatic heterocycles. The molecule has 0 heterocycles. The number of phenolic OH excluding ortho intramolecular Hbond substituents is 1. The SMILES string of the molecule is CCCCCCCCCCC(C)(CCCCCCCCCC)c1cc(CCCCCCCCC)cc(C(C)(CCCCCCCCCC)CCCCCCCCCC)c1O. The molecule has 0 radical (unpaired) electrons. The Morgan fingerprint density at radius 1 is 0.300 bits per heavy atom. The minimum atomic E-state index is 0.0390. The lowest BCUT2D eigenvalue weighted by molar-refractivity contribution is 0.323. The molecule has 0 unspecified atom stereocenters. The summed E-state index contributed by atoms with van der Waals surface area (Å²) in [6.45, 7) is 16.8. The van der Waals surface area contributed by atoms with Crippen molar-refractivity contribution in [2.24, 2.45) is 0 Å². The zero-order valence-corrected chi connectivity index (χ0v) is 42.7. The summed E-state index contributed by atoms with van der Waals surface area (Å²) in [5.74, 6) is 0.710. The third-order valence-electron chi connectivity index (χ3n) is 14.9. The third kappa shape index (κ3) is 27.9. The normalized spacial score (nSPS) is 12.2. The Morgan fingerprint density at radius 3 is 0.733 bits per heavy atom. The van der Waals surface area contributed by atoms with E-state index in [2.05, 4.69) is 60.6 Å². The van der Waals surface area contributed by atoms with E-state index in [0.717, 1.165) is 0 Å². The molecule has 0 fully saturated rings. The fraction of sp³-hybridized carbons (Fsp3) is 0.898. The predicted molar refractivity (Wildman–Crippen MR) is 273 cm³/mol. The molecule has 0 atom stereocenters. The maximum atomic E-state index is 12.9. The zero-order valence-electron chi connectivity index (χ0n) is 42.7. The molecule has 0 saturated carbocycles. The van der Waals surface area contributed by atoms with Crippen LogP contribution < -0.4 is 0 Å². The van der Waals surface area contributed by atoms with E-state index in [1.54, 1.807) is 0 Å². The van der Waals surface area contributed by atoms with Gasteiger partial charge in [-0.05, 0) is 54.9 Å². The summed E-state index contributed by atoms with van der Waals surface area (Å²) in [6.07, 6.45) is 59.4. The summed E-state index contributed by atoms with van der Waals surface area (Å²) in [5.41, 5.74) is 4.28. The van der Waals surface area contributed by atoms with Crippen LogP contribution in [0.1, 0.15) is 341 Å². The van der Waals surface area contributed by atoms with Crippen molar-refractivity contribution in [2.75, 3.05) is 0 Å². The number of aromatic hydroxyl groups is 1. The van der Waals surface area contributed by atoms with Crippen LogP contribution in [0.15, 0.2) is 12.1 Å². The number of aryl methyl sites for hydroxylation is 1. The molecule has 354 valence electrons. The van der Waals surface area contributed by atoms with E-state index in [1.165, 1.54) is 299 Å². The summed E-state index contributed by atoms with van der Waals surface area (Å²) >= 11 is 0. The van der Waals surface area contributed by atoms with Gasteiger partial charge < -0.3 is 5.11 Å². The largest absolute Gasteiger partial charge is 0.507 e. The van der Waals surface area contributed by atoms with Gasteiger partial charge in [-0.3, -0.25) is 0 Å². The smallest absolute Gasteiger partial charge is 0.123 e. The highest BCUT2D eigenvalue weighted by molar-refractivity contribution is 5.51. The van der Waals surface area contributed by atoms with Crippen molar-refractivity contribution in [1.29, 1.82) is 0 Å². The van der Waals surface area contributed by atoms with Crippen LogP contribution in [-0.2, 0) is 17.3 Å². The average Bonchev–Trinajstić information content (AvgIpc) is 3.24. The molecule has 0 aliphatic carbocycles. The second kappa shape index (κ2) is 39.6. The average molecular weight is 838 g/mol. The van der Waals surface area contributed by atoms with Gasteiger partial charge in [-0.25, -0.2) is 0 Å². The van der Waals surface area contributed by atoms with Crippen LogP contribution in [0.25, 0.3) is 0 Å². The Morgan fingerprint density at radius 2 is 0.500 bits per heavy atom. The maximum absolute atomic E-state index is 12.9. The molecular formula is C59H112O. The van der Waals surface area contributed by atoms with Gasteiger partial charge in [-0.2, -0.15) is 0 Å². The van der Waals surface area contributed by atoms with Gasteiger partial charge >= 0.3 is 0 Å². The Hall–Kier alpha value is -0.980. The van der Waals surface area contributed by atoms with E-state index >= 15 is 0 Å². The van der Waals surface area contributed by atoms with E-state index in [4.69, 9.17) is 0 Å². The Kier molecular flexibility index (Phi) is 37.6. The molecule has 0 bridgehead atoms. The summed E-state index contributed by atoms with van der Waals surface area (Å²) in [4.78, 5) is 0. The highest BCUT2D eigenvalue weighted by Crippen LogP contribution is 2.48. The van der Waals surface area contributed by atoms with Crippen LogP contribution in [-0.4, -0.2) is 5.11 Å². The lowest BCUT2D eigenvalue weighted by Gasteiger charge is -2.37. The van der Waals surface area contributed by atoms with Crippen LogP contribution in [0.5, 0.6) is 5.75 Å². The van der Waals surface area contributed by atoms with Gasteiger partial charge in [0.25, 0.3) is 0 Å². The molecule has 60 heavy (non-hydrogen) atoms. The highest BCUT2D eigenvalue weighted by Gasteiger charge is 2.35. The highest BCUT2D eigenvalue weighted by atomic mass is 16.3. The molecule has 1 nitrogen and oxygen atoms in total. The van der Waals surface area contributed by atoms with Gasteiger partial charge in [0.15, 0.2) is 0 Å². The maximum Gasteiger partial charge on any atom is 0.123 e. The van der Waals surface area contributed by atoms with E-state index in [0.29, 0.717) is 5.75 Å². The molecule has 0 aliphatic rings. The van der Waals surface area contributed by atoms with Crippen LogP contribution >= 0.6 is 0 Å². The number of hydrogen-bond acceptors (Lipinski definition) is 1. The first-order valence-electron chi connectivity index (χ1n) is 28.2. The monoisotopic (exact) mass is 837 g/mol. The van der Waals surface area contributed by atoms with Gasteiger partial charge in [0.2, 0.25) is 0 Å². The number of rotatable bonds is 46. The van der Waals surface area contributed by atoms with Crippen molar-refractivity contribution < 1.29 is 5.11 Å². The molecule has 1 aromatic carbocycles. The number of phenols is 1. The Labute approximate surface area is 380 Å². The zero-order chi connectivity index (χ0) is 43.8. The summed E-state index contributed by atoms with van der Waals surface area (Å²) in [6, 6.07) is 5.11. The van der Waals surface area contributed by atoms with E-state index in [-0.39, 0.29) is 10.8 Å². The second-order valence-corrected chi connectivity index (χ2v) is 20.9. The van der Waals surface area contributed by atoms with Gasteiger partial charge in [0, 0.05) is 11.1 Å². The molecule has 1 N–H and O–H groups in total. The molecule has 0 spiro atoms. The first kappa shape index (κ1) is 57.0. The fourth-order valence-electron chi connectivity index (χ4n) is 10.4. The van der Waals surface area contributed by atoms with Crippen LogP contribution in [0.3, 0.4) is 0 Å². The topological polar surface area (TPSA) is 20.2 Å². The molecular weight excluding hydrogens is 725 g/mol. The minimum absolute atomic E-state index is 0.0390. The van der Waals surface area contributed by atoms with Gasteiger partial charge in [-0.15, -0.1) is 0 Å². The molecule has 1 aromatic rings. The summed E-state index contributed by atoms with van der Waals surface area (Å²) in [7, 11) is 0. The number of hydrogen-bond donors (Lipinski definition) is 1. The van der Waals surface area contributed by atoms with Crippen molar-refractivity contribution in [3.8, 4) is 5.75 Å². The van der Waals surface area contributed by atoms with Crippen LogP contribution in [0.2, 0.25) is 0 Å². The van der Waals surface area contributed by atoms with Gasteiger partial charge in [-0.1, -0.05) is 305 Å².